The molecule has 0 atom stereocenters. The molecule has 10 nitrogen and oxygen atoms in total. The third-order valence-corrected chi connectivity index (χ3v) is 4.94. The molecule has 5 aromatic rings. The number of benzene rings is 2. The van der Waals surface area contributed by atoms with E-state index in [4.69, 9.17) is 4.74 Å². The van der Waals surface area contributed by atoms with Gasteiger partial charge in [-0.2, -0.15) is 0 Å². The number of fused-ring (bicyclic) bond motifs is 1. The van der Waals surface area contributed by atoms with Crippen LogP contribution in [-0.2, 0) is 6.61 Å². The van der Waals surface area contributed by atoms with Crippen LogP contribution in [0.2, 0.25) is 0 Å². The number of hydrogen-bond donors (Lipinski definition) is 4. The predicted molar refractivity (Wildman–Crippen MR) is 126 cm³/mol. The normalized spacial score (nSPS) is 10.7. The van der Waals surface area contributed by atoms with Gasteiger partial charge >= 0.3 is 0 Å². The van der Waals surface area contributed by atoms with Crippen molar-refractivity contribution in [2.24, 2.45) is 0 Å². The zero-order valence-corrected chi connectivity index (χ0v) is 17.8. The van der Waals surface area contributed by atoms with Gasteiger partial charge in [-0.15, -0.1) is 0 Å². The lowest BCUT2D eigenvalue weighted by Gasteiger charge is -2.10. The Hall–Kier alpha value is -4.99. The number of aromatic nitrogens is 5. The predicted octanol–water partition coefficient (Wildman–Crippen LogP) is 3.76. The second kappa shape index (κ2) is 9.25. The second-order valence-corrected chi connectivity index (χ2v) is 7.26. The van der Waals surface area contributed by atoms with Crippen LogP contribution in [0.3, 0.4) is 0 Å². The molecule has 0 fully saturated rings. The minimum absolute atomic E-state index is 0.120. The number of H-pyrrole nitrogens is 2. The van der Waals surface area contributed by atoms with Gasteiger partial charge in [0.05, 0.1) is 11.1 Å². The maximum atomic E-state index is 12.9. The topological polar surface area (TPSA) is 138 Å². The van der Waals surface area contributed by atoms with Crippen LogP contribution in [0.1, 0.15) is 26.4 Å². The van der Waals surface area contributed by atoms with Crippen LogP contribution in [0.5, 0.6) is 5.75 Å². The lowest BCUT2D eigenvalue weighted by molar-refractivity contribution is 0.101. The number of carbonyl (C=O) groups excluding carboxylic acids is 2. The van der Waals surface area contributed by atoms with Gasteiger partial charge in [0.2, 0.25) is 11.9 Å². The highest BCUT2D eigenvalue weighted by molar-refractivity contribution is 6.11. The van der Waals surface area contributed by atoms with Crippen LogP contribution in [0.25, 0.3) is 11.0 Å². The molecule has 0 saturated carbocycles. The Kier molecular flexibility index (Phi) is 5.68. The first kappa shape index (κ1) is 20.9. The van der Waals surface area contributed by atoms with Crippen molar-refractivity contribution in [1.82, 2.24) is 24.9 Å². The molecule has 3 heterocycles. The van der Waals surface area contributed by atoms with E-state index >= 15 is 0 Å². The van der Waals surface area contributed by atoms with Gasteiger partial charge in [-0.05, 0) is 29.8 Å². The Labute approximate surface area is 193 Å². The van der Waals surface area contributed by atoms with Gasteiger partial charge in [0, 0.05) is 18.6 Å². The number of ether oxygens (including phenoxy) is 1. The van der Waals surface area contributed by atoms with Gasteiger partial charge in [-0.3, -0.25) is 20.2 Å². The zero-order valence-electron chi connectivity index (χ0n) is 17.8. The summed E-state index contributed by atoms with van der Waals surface area (Å²) in [6.45, 7) is 0.297. The summed E-state index contributed by atoms with van der Waals surface area (Å²) < 4.78 is 5.83. The molecule has 2 aromatic carbocycles. The standard InChI is InChI=1S/C24H19N7O3/c32-21(30-23-26-12-13-27-23)16-8-4-9-17-19(16)29-24(28-17)31-22(33)20-18(10-5-11-25-20)34-14-15-6-2-1-3-7-15/h1-13H,14H2,(H2,26,27,30,32)(H2,28,29,31,33). The molecule has 34 heavy (non-hydrogen) atoms. The van der Waals surface area contributed by atoms with Crippen molar-refractivity contribution < 1.29 is 14.3 Å². The Bertz CT molecular complexity index is 1450. The minimum atomic E-state index is -0.496. The lowest BCUT2D eigenvalue weighted by atomic mass is 10.2. The van der Waals surface area contributed by atoms with E-state index in [0.717, 1.165) is 5.56 Å². The van der Waals surface area contributed by atoms with Gasteiger partial charge < -0.3 is 14.7 Å². The van der Waals surface area contributed by atoms with E-state index in [9.17, 15) is 9.59 Å². The number of carbonyl (C=O) groups is 2. The third kappa shape index (κ3) is 4.46. The number of rotatable bonds is 7. The first-order valence-electron chi connectivity index (χ1n) is 10.4. The molecule has 10 heteroatoms. The maximum Gasteiger partial charge on any atom is 0.280 e. The fraction of sp³-hybridized carbons (Fsp3) is 0.0417. The van der Waals surface area contributed by atoms with E-state index in [0.29, 0.717) is 34.9 Å². The first-order valence-corrected chi connectivity index (χ1v) is 10.4. The maximum absolute atomic E-state index is 12.9. The van der Waals surface area contributed by atoms with Gasteiger partial charge in [0.25, 0.3) is 11.8 Å². The van der Waals surface area contributed by atoms with Crippen molar-refractivity contribution in [3.63, 3.8) is 0 Å². The van der Waals surface area contributed by atoms with Crippen LogP contribution >= 0.6 is 0 Å². The second-order valence-electron chi connectivity index (χ2n) is 7.26. The number of hydrogen-bond acceptors (Lipinski definition) is 6. The molecule has 0 aliphatic rings. The van der Waals surface area contributed by atoms with Crippen LogP contribution in [0.4, 0.5) is 11.9 Å². The summed E-state index contributed by atoms with van der Waals surface area (Å²) in [7, 11) is 0. The molecule has 0 saturated heterocycles. The van der Waals surface area contributed by atoms with Crippen molar-refractivity contribution in [1.29, 1.82) is 0 Å². The molecule has 0 unspecified atom stereocenters. The zero-order chi connectivity index (χ0) is 23.3. The molecule has 4 N–H and O–H groups in total. The van der Waals surface area contributed by atoms with Crippen molar-refractivity contribution in [2.75, 3.05) is 10.6 Å². The third-order valence-electron chi connectivity index (χ3n) is 4.94. The number of para-hydroxylation sites is 1. The number of aromatic amines is 2. The highest BCUT2D eigenvalue weighted by Crippen LogP contribution is 2.22. The van der Waals surface area contributed by atoms with Crippen LogP contribution in [-0.4, -0.2) is 36.7 Å². The van der Waals surface area contributed by atoms with Crippen molar-refractivity contribution in [2.45, 2.75) is 6.61 Å². The summed E-state index contributed by atoms with van der Waals surface area (Å²) in [5, 5.41) is 5.37. The van der Waals surface area contributed by atoms with E-state index in [1.807, 2.05) is 30.3 Å². The summed E-state index contributed by atoms with van der Waals surface area (Å²) in [4.78, 5) is 44.0. The monoisotopic (exact) mass is 453 g/mol. The number of pyridine rings is 1. The van der Waals surface area contributed by atoms with E-state index in [-0.39, 0.29) is 17.5 Å². The molecule has 5 rings (SSSR count). The van der Waals surface area contributed by atoms with E-state index in [1.54, 1.807) is 36.5 Å². The van der Waals surface area contributed by atoms with Gasteiger partial charge in [-0.25, -0.2) is 15.0 Å². The average molecular weight is 453 g/mol. The Morgan fingerprint density at radius 3 is 2.53 bits per heavy atom. The number of amides is 2. The minimum Gasteiger partial charge on any atom is -0.486 e. The molecule has 3 aromatic heterocycles. The van der Waals surface area contributed by atoms with Crippen molar-refractivity contribution in [3.05, 3.63) is 96.1 Å². The summed E-state index contributed by atoms with van der Waals surface area (Å²) in [6.07, 6.45) is 4.65. The molecule has 0 aliphatic heterocycles. The summed E-state index contributed by atoms with van der Waals surface area (Å²) in [6, 6.07) is 18.1. The van der Waals surface area contributed by atoms with Gasteiger partial charge in [0.15, 0.2) is 11.4 Å². The Morgan fingerprint density at radius 2 is 1.71 bits per heavy atom. The molecule has 168 valence electrons. The Morgan fingerprint density at radius 1 is 0.853 bits per heavy atom. The molecular weight excluding hydrogens is 434 g/mol. The highest BCUT2D eigenvalue weighted by atomic mass is 16.5. The fourth-order valence-electron chi connectivity index (χ4n) is 3.36. The van der Waals surface area contributed by atoms with Gasteiger partial charge in [0.1, 0.15) is 12.1 Å². The quantitative estimate of drug-likeness (QED) is 0.296. The van der Waals surface area contributed by atoms with Crippen LogP contribution in [0, 0.1) is 0 Å². The molecule has 0 bridgehead atoms. The average Bonchev–Trinajstić information content (AvgIpc) is 3.52. The fourth-order valence-corrected chi connectivity index (χ4v) is 3.36. The van der Waals surface area contributed by atoms with Crippen LogP contribution < -0.4 is 15.4 Å². The van der Waals surface area contributed by atoms with Gasteiger partial charge in [-0.1, -0.05) is 36.4 Å². The van der Waals surface area contributed by atoms with E-state index in [2.05, 4.69) is 35.6 Å². The smallest absolute Gasteiger partial charge is 0.280 e. The largest absolute Gasteiger partial charge is 0.486 e. The number of anilines is 2. The molecule has 2 amide bonds. The molecular formula is C24H19N7O3. The lowest BCUT2D eigenvalue weighted by Crippen LogP contribution is -2.16. The number of imidazole rings is 2. The molecule has 0 aliphatic carbocycles. The first-order chi connectivity index (χ1) is 16.7. The van der Waals surface area contributed by atoms with E-state index in [1.165, 1.54) is 12.4 Å². The summed E-state index contributed by atoms with van der Waals surface area (Å²) in [5.74, 6) is -0.0313. The van der Waals surface area contributed by atoms with Crippen molar-refractivity contribution in [3.8, 4) is 5.75 Å². The number of nitrogens with one attached hydrogen (secondary N) is 4. The van der Waals surface area contributed by atoms with E-state index < -0.39 is 5.91 Å². The summed E-state index contributed by atoms with van der Waals surface area (Å²) in [5.41, 5.74) is 2.41. The Balaban J connectivity index is 1.35. The van der Waals surface area contributed by atoms with Crippen molar-refractivity contribution >= 4 is 34.7 Å². The molecule has 0 spiro atoms. The van der Waals surface area contributed by atoms with Crippen LogP contribution in [0.15, 0.2) is 79.3 Å². The number of nitrogens with zero attached hydrogens (tertiary/aromatic N) is 3. The molecule has 0 radical (unpaired) electrons. The SMILES string of the molecule is O=C(Nc1nc2c(C(=O)Nc3ncc[nH]3)cccc2[nH]1)c1ncccc1OCc1ccccc1. The highest BCUT2D eigenvalue weighted by Gasteiger charge is 2.18. The summed E-state index contributed by atoms with van der Waals surface area (Å²) >= 11 is 0.